The molecule has 1 N–H and O–H groups in total. The highest BCUT2D eigenvalue weighted by Gasteiger charge is 2.30. The average Bonchev–Trinajstić information content (AvgIpc) is 3.50. The minimum absolute atomic E-state index is 0.0444. The number of hydrogen-bond donors (Lipinski definition) is 1. The highest BCUT2D eigenvalue weighted by atomic mass is 32.1. The van der Waals surface area contributed by atoms with Gasteiger partial charge in [0, 0.05) is 23.9 Å². The number of esters is 1. The Kier molecular flexibility index (Phi) is 7.95. The van der Waals surface area contributed by atoms with E-state index < -0.39 is 5.97 Å². The molecule has 7 nitrogen and oxygen atoms in total. The molecular weight excluding hydrogens is 457 g/mol. The van der Waals surface area contributed by atoms with Gasteiger partial charge in [-0.05, 0) is 69.5 Å². The summed E-state index contributed by atoms with van der Waals surface area (Å²) in [5.74, 6) is -0.767. The van der Waals surface area contributed by atoms with Crippen LogP contribution in [0, 0.1) is 11.7 Å². The van der Waals surface area contributed by atoms with Gasteiger partial charge in [-0.1, -0.05) is 12.1 Å². The van der Waals surface area contributed by atoms with E-state index in [0.717, 1.165) is 49.2 Å². The second kappa shape index (κ2) is 11.1. The lowest BCUT2D eigenvalue weighted by atomic mass is 9.95. The third-order valence-electron chi connectivity index (χ3n) is 6.32. The lowest BCUT2D eigenvalue weighted by Gasteiger charge is -2.32. The van der Waals surface area contributed by atoms with Crippen molar-refractivity contribution in [2.24, 2.45) is 5.92 Å². The standard InChI is InChI=1S/C25H30FN3O4S/c1-2-33-25(32)23-20(15-21(34-23)17-5-7-19(26)8-6-17)27-22(30)16-28-13-9-18(10-14-28)24(31)29-11-3-4-12-29/h5-8,15,18H,2-4,9-14,16H2,1H3,(H,27,30). The maximum atomic E-state index is 13.3. The Morgan fingerprint density at radius 3 is 2.41 bits per heavy atom. The number of nitrogens with zero attached hydrogens (tertiary/aromatic N) is 2. The number of rotatable bonds is 7. The van der Waals surface area contributed by atoms with E-state index in [-0.39, 0.29) is 36.7 Å². The fourth-order valence-electron chi connectivity index (χ4n) is 4.52. The molecule has 0 atom stereocenters. The van der Waals surface area contributed by atoms with E-state index in [4.69, 9.17) is 4.74 Å². The summed E-state index contributed by atoms with van der Waals surface area (Å²) in [4.78, 5) is 43.0. The first-order chi connectivity index (χ1) is 16.4. The monoisotopic (exact) mass is 487 g/mol. The topological polar surface area (TPSA) is 79.0 Å². The molecule has 0 saturated carbocycles. The summed E-state index contributed by atoms with van der Waals surface area (Å²) in [5.41, 5.74) is 1.15. The van der Waals surface area contributed by atoms with Gasteiger partial charge in [0.05, 0.1) is 18.8 Å². The van der Waals surface area contributed by atoms with Crippen molar-refractivity contribution in [3.63, 3.8) is 0 Å². The molecule has 3 heterocycles. The van der Waals surface area contributed by atoms with Crippen LogP contribution in [0.5, 0.6) is 0 Å². The highest BCUT2D eigenvalue weighted by Crippen LogP contribution is 2.35. The summed E-state index contributed by atoms with van der Waals surface area (Å²) in [7, 11) is 0. The van der Waals surface area contributed by atoms with Crippen molar-refractivity contribution in [3.8, 4) is 10.4 Å². The van der Waals surface area contributed by atoms with Crippen molar-refractivity contribution >= 4 is 34.8 Å². The molecule has 1 aromatic heterocycles. The molecular formula is C25H30FN3O4S. The first-order valence-electron chi connectivity index (χ1n) is 11.8. The predicted molar refractivity (Wildman–Crippen MR) is 129 cm³/mol. The van der Waals surface area contributed by atoms with Crippen molar-refractivity contribution in [1.29, 1.82) is 0 Å². The highest BCUT2D eigenvalue weighted by molar-refractivity contribution is 7.18. The second-order valence-corrected chi connectivity index (χ2v) is 9.76. The Morgan fingerprint density at radius 1 is 1.09 bits per heavy atom. The van der Waals surface area contributed by atoms with E-state index >= 15 is 0 Å². The zero-order valence-electron chi connectivity index (χ0n) is 19.3. The van der Waals surface area contributed by atoms with Crippen LogP contribution < -0.4 is 5.32 Å². The number of ether oxygens (including phenoxy) is 1. The van der Waals surface area contributed by atoms with Crippen molar-refractivity contribution in [2.75, 3.05) is 44.6 Å². The minimum atomic E-state index is -0.502. The number of nitrogens with one attached hydrogen (secondary N) is 1. The van der Waals surface area contributed by atoms with E-state index in [0.29, 0.717) is 23.7 Å². The average molecular weight is 488 g/mol. The summed E-state index contributed by atoms with van der Waals surface area (Å²) in [6.07, 6.45) is 3.68. The first kappa shape index (κ1) is 24.3. The van der Waals surface area contributed by atoms with Crippen molar-refractivity contribution < 1.29 is 23.5 Å². The molecule has 1 aromatic carbocycles. The third kappa shape index (κ3) is 5.82. The van der Waals surface area contributed by atoms with Crippen molar-refractivity contribution in [3.05, 3.63) is 41.0 Å². The van der Waals surface area contributed by atoms with Gasteiger partial charge in [-0.15, -0.1) is 11.3 Å². The number of carbonyl (C=O) groups is 3. The lowest BCUT2D eigenvalue weighted by molar-refractivity contribution is -0.136. The SMILES string of the molecule is CCOC(=O)c1sc(-c2ccc(F)cc2)cc1NC(=O)CN1CCC(C(=O)N2CCCC2)CC1. The Labute approximate surface area is 202 Å². The van der Waals surface area contributed by atoms with Gasteiger partial charge in [0.1, 0.15) is 10.7 Å². The predicted octanol–water partition coefficient (Wildman–Crippen LogP) is 4.00. The third-order valence-corrected chi connectivity index (χ3v) is 7.48. The quantitative estimate of drug-likeness (QED) is 0.597. The zero-order valence-corrected chi connectivity index (χ0v) is 20.2. The molecule has 2 aliphatic heterocycles. The van der Waals surface area contributed by atoms with Crippen LogP contribution >= 0.6 is 11.3 Å². The molecule has 182 valence electrons. The van der Waals surface area contributed by atoms with E-state index in [2.05, 4.69) is 5.32 Å². The van der Waals surface area contributed by atoms with Gasteiger partial charge in [-0.2, -0.15) is 0 Å². The zero-order chi connectivity index (χ0) is 24.1. The van der Waals surface area contributed by atoms with Crippen LogP contribution in [0.2, 0.25) is 0 Å². The van der Waals surface area contributed by atoms with Crippen LogP contribution in [0.15, 0.2) is 30.3 Å². The number of benzene rings is 1. The molecule has 0 spiro atoms. The van der Waals surface area contributed by atoms with Gasteiger partial charge in [0.15, 0.2) is 0 Å². The molecule has 0 bridgehead atoms. The second-order valence-electron chi connectivity index (χ2n) is 8.71. The first-order valence-corrected chi connectivity index (χ1v) is 12.6. The molecule has 2 fully saturated rings. The number of carbonyl (C=O) groups excluding carboxylic acids is 3. The fraction of sp³-hybridized carbons (Fsp3) is 0.480. The smallest absolute Gasteiger partial charge is 0.350 e. The summed E-state index contributed by atoms with van der Waals surface area (Å²) in [6.45, 7) is 5.24. The van der Waals surface area contributed by atoms with E-state index in [9.17, 15) is 18.8 Å². The largest absolute Gasteiger partial charge is 0.462 e. The summed E-state index contributed by atoms with van der Waals surface area (Å²) in [5, 5.41) is 2.86. The molecule has 0 radical (unpaired) electrons. The Morgan fingerprint density at radius 2 is 1.76 bits per heavy atom. The molecule has 0 unspecified atom stereocenters. The van der Waals surface area contributed by atoms with Gasteiger partial charge in [0.25, 0.3) is 0 Å². The van der Waals surface area contributed by atoms with Gasteiger partial charge in [-0.25, -0.2) is 9.18 Å². The summed E-state index contributed by atoms with van der Waals surface area (Å²) in [6, 6.07) is 7.71. The lowest BCUT2D eigenvalue weighted by Crippen LogP contribution is -2.43. The van der Waals surface area contributed by atoms with Crippen LogP contribution in [-0.2, 0) is 14.3 Å². The van der Waals surface area contributed by atoms with Gasteiger partial charge in [0.2, 0.25) is 11.8 Å². The Balaban J connectivity index is 1.37. The maximum absolute atomic E-state index is 13.3. The minimum Gasteiger partial charge on any atom is -0.462 e. The van der Waals surface area contributed by atoms with Crippen LogP contribution in [0.3, 0.4) is 0 Å². The number of hydrogen-bond acceptors (Lipinski definition) is 6. The molecule has 34 heavy (non-hydrogen) atoms. The fourth-order valence-corrected chi connectivity index (χ4v) is 5.53. The molecule has 0 aliphatic carbocycles. The van der Waals surface area contributed by atoms with E-state index in [1.165, 1.54) is 23.5 Å². The van der Waals surface area contributed by atoms with Crippen LogP contribution in [0.4, 0.5) is 10.1 Å². The van der Waals surface area contributed by atoms with Crippen molar-refractivity contribution in [2.45, 2.75) is 32.6 Å². The molecule has 4 rings (SSSR count). The number of amides is 2. The molecule has 2 aromatic rings. The van der Waals surface area contributed by atoms with Crippen LogP contribution in [0.25, 0.3) is 10.4 Å². The number of anilines is 1. The summed E-state index contributed by atoms with van der Waals surface area (Å²) < 4.78 is 18.5. The number of piperidine rings is 1. The molecule has 2 aliphatic rings. The van der Waals surface area contributed by atoms with Gasteiger partial charge in [-0.3, -0.25) is 14.5 Å². The molecule has 2 saturated heterocycles. The van der Waals surface area contributed by atoms with Gasteiger partial charge < -0.3 is 15.0 Å². The van der Waals surface area contributed by atoms with Crippen LogP contribution in [-0.4, -0.2) is 66.9 Å². The normalized spacial score (nSPS) is 17.1. The Hall–Kier alpha value is -2.78. The van der Waals surface area contributed by atoms with E-state index in [1.807, 2.05) is 9.80 Å². The van der Waals surface area contributed by atoms with Crippen LogP contribution in [0.1, 0.15) is 42.3 Å². The van der Waals surface area contributed by atoms with Gasteiger partial charge >= 0.3 is 5.97 Å². The summed E-state index contributed by atoms with van der Waals surface area (Å²) >= 11 is 1.20. The number of thiophene rings is 1. The molecule has 9 heteroatoms. The Bertz CT molecular complexity index is 1030. The number of halogens is 1. The molecule has 2 amide bonds. The maximum Gasteiger partial charge on any atom is 0.350 e. The number of likely N-dealkylation sites (tertiary alicyclic amines) is 2. The van der Waals surface area contributed by atoms with Crippen molar-refractivity contribution in [1.82, 2.24) is 9.80 Å². The van der Waals surface area contributed by atoms with E-state index in [1.54, 1.807) is 25.1 Å².